The first-order chi connectivity index (χ1) is 5.77. The van der Waals surface area contributed by atoms with E-state index in [2.05, 4.69) is 6.92 Å². The van der Waals surface area contributed by atoms with Crippen LogP contribution in [0.1, 0.15) is 58.3 Å². The summed E-state index contributed by atoms with van der Waals surface area (Å²) in [7, 11) is 0. The Morgan fingerprint density at radius 3 is 1.79 bits per heavy atom. The van der Waals surface area contributed by atoms with E-state index in [0.717, 1.165) is 12.8 Å². The van der Waals surface area contributed by atoms with E-state index in [9.17, 15) is 4.79 Å². The molecule has 1 N–H and O–H groups in total. The first-order valence-corrected chi connectivity index (χ1v) is 4.99. The average molecular weight is 290 g/mol. The van der Waals surface area contributed by atoms with E-state index >= 15 is 0 Å². The molecule has 0 aliphatic carbocycles. The Bertz CT molecular complexity index is 119. The molecule has 0 heterocycles. The van der Waals surface area contributed by atoms with Crippen LogP contribution < -0.4 is 0 Å². The summed E-state index contributed by atoms with van der Waals surface area (Å²) < 4.78 is 0. The number of carboxylic acids is 1. The van der Waals surface area contributed by atoms with Gasteiger partial charge in [0.05, 0.1) is 0 Å². The summed E-state index contributed by atoms with van der Waals surface area (Å²) in [5, 5.41) is 8.35. The quantitative estimate of drug-likeness (QED) is 0.697. The first-order valence-electron chi connectivity index (χ1n) is 4.99. The molecule has 0 bridgehead atoms. The van der Waals surface area contributed by atoms with Crippen molar-refractivity contribution in [2.45, 2.75) is 58.3 Å². The third-order valence-corrected chi connectivity index (χ3v) is 1.99. The molecular formula is C10H20Co2O2. The third-order valence-electron chi connectivity index (χ3n) is 1.99. The van der Waals surface area contributed by atoms with Crippen LogP contribution in [0, 0.1) is 0 Å². The summed E-state index contributed by atoms with van der Waals surface area (Å²) in [5.74, 6) is -0.663. The molecule has 2 nitrogen and oxygen atoms in total. The number of rotatable bonds is 8. The van der Waals surface area contributed by atoms with Gasteiger partial charge in [0.1, 0.15) is 0 Å². The Morgan fingerprint density at radius 1 is 0.929 bits per heavy atom. The van der Waals surface area contributed by atoms with Gasteiger partial charge >= 0.3 is 5.97 Å². The Labute approximate surface area is 108 Å². The van der Waals surface area contributed by atoms with E-state index < -0.39 is 5.97 Å². The van der Waals surface area contributed by atoms with E-state index in [1.807, 2.05) is 0 Å². The van der Waals surface area contributed by atoms with Crippen LogP contribution in [0.3, 0.4) is 0 Å². The number of aliphatic carboxylic acids is 1. The van der Waals surface area contributed by atoms with Crippen molar-refractivity contribution in [1.29, 1.82) is 0 Å². The van der Waals surface area contributed by atoms with Gasteiger partial charge in [-0.25, -0.2) is 0 Å². The normalized spacial score (nSPS) is 8.64. The van der Waals surface area contributed by atoms with E-state index in [1.165, 1.54) is 32.1 Å². The number of hydrogen-bond donors (Lipinski definition) is 1. The van der Waals surface area contributed by atoms with Crippen molar-refractivity contribution < 1.29 is 43.5 Å². The average Bonchev–Trinajstić information content (AvgIpc) is 2.02. The molecule has 90 valence electrons. The monoisotopic (exact) mass is 290 g/mol. The zero-order chi connectivity index (χ0) is 9.23. The Balaban J connectivity index is -0.000000605. The minimum atomic E-state index is -0.663. The number of carboxylic acid groups (broad SMARTS) is 1. The molecule has 0 aliphatic heterocycles. The predicted molar refractivity (Wildman–Crippen MR) is 50.2 cm³/mol. The van der Waals surface area contributed by atoms with Crippen molar-refractivity contribution in [3.05, 3.63) is 0 Å². The maximum atomic E-state index is 10.1. The van der Waals surface area contributed by atoms with Gasteiger partial charge in [-0.15, -0.1) is 0 Å². The van der Waals surface area contributed by atoms with Crippen molar-refractivity contribution in [1.82, 2.24) is 0 Å². The zero-order valence-corrected chi connectivity index (χ0v) is 10.8. The Morgan fingerprint density at radius 2 is 1.36 bits per heavy atom. The maximum Gasteiger partial charge on any atom is 0.303 e. The molecular weight excluding hydrogens is 270 g/mol. The molecule has 14 heavy (non-hydrogen) atoms. The van der Waals surface area contributed by atoms with Gasteiger partial charge in [0.2, 0.25) is 0 Å². The zero-order valence-electron chi connectivity index (χ0n) is 8.68. The summed E-state index contributed by atoms with van der Waals surface area (Å²) in [6.07, 6.45) is 8.64. The molecule has 0 saturated heterocycles. The number of hydrogen-bond acceptors (Lipinski definition) is 1. The topological polar surface area (TPSA) is 37.3 Å². The van der Waals surface area contributed by atoms with Gasteiger partial charge in [-0.1, -0.05) is 45.4 Å². The predicted octanol–water partition coefficient (Wildman–Crippen LogP) is 3.21. The first kappa shape index (κ1) is 20.0. The molecule has 0 rings (SSSR count). The van der Waals surface area contributed by atoms with Crippen molar-refractivity contribution in [2.24, 2.45) is 0 Å². The van der Waals surface area contributed by atoms with Gasteiger partial charge in [-0.05, 0) is 6.42 Å². The summed E-state index contributed by atoms with van der Waals surface area (Å²) in [5.41, 5.74) is 0. The fraction of sp³-hybridized carbons (Fsp3) is 0.900. The van der Waals surface area contributed by atoms with Gasteiger partial charge in [0.15, 0.2) is 0 Å². The standard InChI is InChI=1S/C10H20O2.2Co/c1-2-3-4-5-6-7-8-9-10(11)12;;/h2-9H2,1H3,(H,11,12);;. The van der Waals surface area contributed by atoms with Crippen LogP contribution in [0.25, 0.3) is 0 Å². The van der Waals surface area contributed by atoms with Crippen molar-refractivity contribution in [3.8, 4) is 0 Å². The fourth-order valence-corrected chi connectivity index (χ4v) is 1.23. The SMILES string of the molecule is CCCCCCCCCC(=O)O.[Co].[Co]. The number of unbranched alkanes of at least 4 members (excludes halogenated alkanes) is 6. The Kier molecular flexibility index (Phi) is 22.7. The van der Waals surface area contributed by atoms with Crippen molar-refractivity contribution in [3.63, 3.8) is 0 Å². The molecule has 0 aromatic rings. The molecule has 0 atom stereocenters. The van der Waals surface area contributed by atoms with Gasteiger partial charge in [0.25, 0.3) is 0 Å². The molecule has 0 amide bonds. The summed E-state index contributed by atoms with van der Waals surface area (Å²) in [6, 6.07) is 0. The molecule has 0 aromatic heterocycles. The molecule has 0 saturated carbocycles. The summed E-state index contributed by atoms with van der Waals surface area (Å²) in [4.78, 5) is 10.1. The molecule has 0 unspecified atom stereocenters. The largest absolute Gasteiger partial charge is 0.481 e. The van der Waals surface area contributed by atoms with Gasteiger partial charge in [0, 0.05) is 40.0 Å². The van der Waals surface area contributed by atoms with Crippen LogP contribution in [-0.4, -0.2) is 11.1 Å². The molecule has 4 heteroatoms. The number of carbonyl (C=O) groups is 1. The molecule has 0 aliphatic rings. The van der Waals surface area contributed by atoms with Crippen molar-refractivity contribution in [2.75, 3.05) is 0 Å². The fourth-order valence-electron chi connectivity index (χ4n) is 1.23. The molecule has 0 aromatic carbocycles. The second-order valence-electron chi connectivity index (χ2n) is 3.27. The van der Waals surface area contributed by atoms with Gasteiger partial charge in [-0.2, -0.15) is 0 Å². The van der Waals surface area contributed by atoms with Gasteiger partial charge < -0.3 is 5.11 Å². The van der Waals surface area contributed by atoms with Crippen LogP contribution in [0.15, 0.2) is 0 Å². The van der Waals surface area contributed by atoms with E-state index in [4.69, 9.17) is 5.11 Å². The summed E-state index contributed by atoms with van der Waals surface area (Å²) >= 11 is 0. The molecule has 0 spiro atoms. The summed E-state index contributed by atoms with van der Waals surface area (Å²) in [6.45, 7) is 2.20. The smallest absolute Gasteiger partial charge is 0.303 e. The third kappa shape index (κ3) is 18.3. The van der Waals surface area contributed by atoms with Gasteiger partial charge in [-0.3, -0.25) is 4.79 Å². The van der Waals surface area contributed by atoms with Crippen LogP contribution in [0.5, 0.6) is 0 Å². The molecule has 0 fully saturated rings. The van der Waals surface area contributed by atoms with Crippen LogP contribution in [0.2, 0.25) is 0 Å². The van der Waals surface area contributed by atoms with E-state index in [1.54, 1.807) is 0 Å². The minimum absolute atomic E-state index is 0. The second kappa shape index (κ2) is 15.9. The second-order valence-corrected chi connectivity index (χ2v) is 3.27. The Hall–Kier alpha value is 0.483. The minimum Gasteiger partial charge on any atom is -0.481 e. The molecule has 2 radical (unpaired) electrons. The maximum absolute atomic E-state index is 10.1. The van der Waals surface area contributed by atoms with E-state index in [0.29, 0.717) is 6.42 Å². The van der Waals surface area contributed by atoms with Crippen LogP contribution in [-0.2, 0) is 38.4 Å². The van der Waals surface area contributed by atoms with Crippen LogP contribution in [0.4, 0.5) is 0 Å². The van der Waals surface area contributed by atoms with Crippen LogP contribution >= 0.6 is 0 Å². The van der Waals surface area contributed by atoms with E-state index in [-0.39, 0.29) is 33.6 Å². The van der Waals surface area contributed by atoms with Crippen molar-refractivity contribution >= 4 is 5.97 Å².